The lowest BCUT2D eigenvalue weighted by Crippen LogP contribution is -2.23. The van der Waals surface area contributed by atoms with Crippen molar-refractivity contribution in [2.45, 2.75) is 38.1 Å². The molecule has 0 atom stereocenters. The van der Waals surface area contributed by atoms with Gasteiger partial charge >= 0.3 is 0 Å². The van der Waals surface area contributed by atoms with Gasteiger partial charge in [-0.15, -0.1) is 0 Å². The van der Waals surface area contributed by atoms with Gasteiger partial charge in [0.1, 0.15) is 5.75 Å². The molecule has 0 bridgehead atoms. The fourth-order valence-electron chi connectivity index (χ4n) is 2.70. The molecule has 1 aliphatic rings. The van der Waals surface area contributed by atoms with E-state index in [-0.39, 0.29) is 5.28 Å². The average Bonchev–Trinajstić information content (AvgIpc) is 2.56. The molecule has 7 heteroatoms. The van der Waals surface area contributed by atoms with Gasteiger partial charge in [0.2, 0.25) is 17.2 Å². The summed E-state index contributed by atoms with van der Waals surface area (Å²) in [6.07, 6.45) is 6.08. The summed E-state index contributed by atoms with van der Waals surface area (Å²) in [6.45, 7) is 0. The lowest BCUT2D eigenvalue weighted by atomic mass is 9.96. The van der Waals surface area contributed by atoms with Crippen molar-refractivity contribution in [1.29, 1.82) is 0 Å². The number of hydrogen-bond donors (Lipinski definition) is 2. The second-order valence-corrected chi connectivity index (χ2v) is 5.92. The van der Waals surface area contributed by atoms with E-state index in [0.29, 0.717) is 17.9 Å². The van der Waals surface area contributed by atoms with Gasteiger partial charge in [-0.3, -0.25) is 0 Å². The van der Waals surface area contributed by atoms with Crippen LogP contribution in [0.15, 0.2) is 24.3 Å². The average molecular weight is 334 g/mol. The highest BCUT2D eigenvalue weighted by molar-refractivity contribution is 6.28. The highest BCUT2D eigenvalue weighted by Gasteiger charge is 2.15. The molecule has 2 aromatic rings. The molecule has 3 rings (SSSR count). The Labute approximate surface area is 140 Å². The molecule has 2 N–H and O–H groups in total. The van der Waals surface area contributed by atoms with E-state index in [0.717, 1.165) is 24.3 Å². The monoisotopic (exact) mass is 333 g/mol. The smallest absolute Gasteiger partial charge is 0.233 e. The Kier molecular flexibility index (Phi) is 5.12. The Hall–Kier alpha value is -2.08. The lowest BCUT2D eigenvalue weighted by Gasteiger charge is -2.22. The minimum atomic E-state index is 0.175. The second-order valence-electron chi connectivity index (χ2n) is 5.58. The summed E-state index contributed by atoms with van der Waals surface area (Å²) in [4.78, 5) is 12.7. The van der Waals surface area contributed by atoms with Crippen LogP contribution in [0.1, 0.15) is 32.1 Å². The summed E-state index contributed by atoms with van der Waals surface area (Å²) in [5.41, 5.74) is 0.858. The fourth-order valence-corrected chi connectivity index (χ4v) is 2.86. The maximum Gasteiger partial charge on any atom is 0.233 e. The molecule has 0 radical (unpaired) electrons. The topological polar surface area (TPSA) is 72.0 Å². The number of nitrogens with zero attached hydrogens (tertiary/aromatic N) is 3. The third-order valence-electron chi connectivity index (χ3n) is 3.89. The van der Waals surface area contributed by atoms with Crippen molar-refractivity contribution in [3.8, 4) is 5.75 Å². The summed E-state index contributed by atoms with van der Waals surface area (Å²) < 4.78 is 5.14. The first kappa shape index (κ1) is 15.8. The Morgan fingerprint density at radius 2 is 1.70 bits per heavy atom. The van der Waals surface area contributed by atoms with Crippen LogP contribution in [-0.2, 0) is 0 Å². The summed E-state index contributed by atoms with van der Waals surface area (Å²) in [7, 11) is 1.64. The third-order valence-corrected chi connectivity index (χ3v) is 4.06. The van der Waals surface area contributed by atoms with Crippen molar-refractivity contribution in [3.05, 3.63) is 29.5 Å². The zero-order valence-electron chi connectivity index (χ0n) is 13.1. The van der Waals surface area contributed by atoms with E-state index < -0.39 is 0 Å². The van der Waals surface area contributed by atoms with Crippen LogP contribution in [0, 0.1) is 0 Å². The molecule has 1 fully saturated rings. The van der Waals surface area contributed by atoms with Gasteiger partial charge in [0.05, 0.1) is 7.11 Å². The molecule has 0 spiro atoms. The van der Waals surface area contributed by atoms with E-state index in [1.165, 1.54) is 19.3 Å². The number of hydrogen-bond acceptors (Lipinski definition) is 6. The predicted octanol–water partition coefficient (Wildman–Crippen LogP) is 4.02. The molecule has 6 nitrogen and oxygen atoms in total. The molecule has 0 unspecified atom stereocenters. The lowest BCUT2D eigenvalue weighted by molar-refractivity contribution is 0.415. The number of halogens is 1. The molecule has 1 aliphatic carbocycles. The van der Waals surface area contributed by atoms with E-state index >= 15 is 0 Å². The van der Waals surface area contributed by atoms with Crippen molar-refractivity contribution in [1.82, 2.24) is 15.0 Å². The maximum atomic E-state index is 6.02. The fraction of sp³-hybridized carbons (Fsp3) is 0.438. The van der Waals surface area contributed by atoms with E-state index in [1.54, 1.807) is 7.11 Å². The van der Waals surface area contributed by atoms with Crippen LogP contribution in [-0.4, -0.2) is 28.1 Å². The van der Waals surface area contributed by atoms with Crippen LogP contribution in [0.4, 0.5) is 17.6 Å². The maximum absolute atomic E-state index is 6.02. The van der Waals surface area contributed by atoms with Gasteiger partial charge in [0, 0.05) is 11.7 Å². The normalized spacial score (nSPS) is 15.2. The molecule has 1 aromatic heterocycles. The van der Waals surface area contributed by atoms with E-state index in [9.17, 15) is 0 Å². The van der Waals surface area contributed by atoms with Crippen LogP contribution in [0.3, 0.4) is 0 Å². The molecule has 1 heterocycles. The van der Waals surface area contributed by atoms with Crippen molar-refractivity contribution >= 4 is 29.2 Å². The number of ether oxygens (including phenoxy) is 1. The van der Waals surface area contributed by atoms with Crippen LogP contribution in [0.5, 0.6) is 5.75 Å². The number of benzene rings is 1. The summed E-state index contributed by atoms with van der Waals surface area (Å²) in [5, 5.41) is 6.67. The molecule has 1 aromatic carbocycles. The largest absolute Gasteiger partial charge is 0.497 e. The second kappa shape index (κ2) is 7.46. The van der Waals surface area contributed by atoms with Crippen molar-refractivity contribution in [3.63, 3.8) is 0 Å². The molecule has 23 heavy (non-hydrogen) atoms. The number of anilines is 3. The number of nitrogens with one attached hydrogen (secondary N) is 2. The summed E-state index contributed by atoms with van der Waals surface area (Å²) >= 11 is 6.02. The van der Waals surface area contributed by atoms with Crippen LogP contribution >= 0.6 is 11.6 Å². The van der Waals surface area contributed by atoms with E-state index in [1.807, 2.05) is 24.3 Å². The van der Waals surface area contributed by atoms with Crippen LogP contribution < -0.4 is 15.4 Å². The Morgan fingerprint density at radius 1 is 1.00 bits per heavy atom. The van der Waals surface area contributed by atoms with Gasteiger partial charge in [-0.1, -0.05) is 19.3 Å². The van der Waals surface area contributed by atoms with Crippen molar-refractivity contribution in [2.75, 3.05) is 17.7 Å². The molecule has 1 saturated carbocycles. The number of rotatable bonds is 5. The SMILES string of the molecule is COc1ccc(Nc2nc(Cl)nc(NC3CCCCC3)n2)cc1. The standard InChI is InChI=1S/C16H20ClN5O/c1-23-13-9-7-12(8-10-13)19-16-21-14(17)20-15(22-16)18-11-5-3-2-4-6-11/h7-11H,2-6H2,1H3,(H2,18,19,20,21,22). The summed E-state index contributed by atoms with van der Waals surface area (Å²) in [6, 6.07) is 7.94. The van der Waals surface area contributed by atoms with Crippen LogP contribution in [0.25, 0.3) is 0 Å². The minimum absolute atomic E-state index is 0.175. The summed E-state index contributed by atoms with van der Waals surface area (Å²) in [5.74, 6) is 1.74. The van der Waals surface area contributed by atoms with E-state index in [4.69, 9.17) is 16.3 Å². The molecular formula is C16H20ClN5O. The Bertz CT molecular complexity index is 643. The first-order valence-corrected chi connectivity index (χ1v) is 8.20. The quantitative estimate of drug-likeness (QED) is 0.861. The third kappa shape index (κ3) is 4.45. The highest BCUT2D eigenvalue weighted by atomic mass is 35.5. The Balaban J connectivity index is 1.71. The molecule has 0 aliphatic heterocycles. The predicted molar refractivity (Wildman–Crippen MR) is 91.6 cm³/mol. The molecule has 0 amide bonds. The first-order chi connectivity index (χ1) is 11.2. The van der Waals surface area contributed by atoms with Gasteiger partial charge in [0.15, 0.2) is 0 Å². The first-order valence-electron chi connectivity index (χ1n) is 7.82. The molecule has 0 saturated heterocycles. The number of aromatic nitrogens is 3. The van der Waals surface area contributed by atoms with Gasteiger partial charge < -0.3 is 15.4 Å². The van der Waals surface area contributed by atoms with Crippen molar-refractivity contribution < 1.29 is 4.74 Å². The van der Waals surface area contributed by atoms with Gasteiger partial charge in [-0.25, -0.2) is 0 Å². The zero-order valence-corrected chi connectivity index (χ0v) is 13.8. The molecular weight excluding hydrogens is 314 g/mol. The van der Waals surface area contributed by atoms with Gasteiger partial charge in [0.25, 0.3) is 0 Å². The molecule has 122 valence electrons. The number of methoxy groups -OCH3 is 1. The van der Waals surface area contributed by atoms with Crippen molar-refractivity contribution in [2.24, 2.45) is 0 Å². The minimum Gasteiger partial charge on any atom is -0.497 e. The van der Waals surface area contributed by atoms with Gasteiger partial charge in [-0.05, 0) is 48.7 Å². The van der Waals surface area contributed by atoms with Gasteiger partial charge in [-0.2, -0.15) is 15.0 Å². The zero-order chi connectivity index (χ0) is 16.1. The Morgan fingerprint density at radius 3 is 2.39 bits per heavy atom. The van der Waals surface area contributed by atoms with E-state index in [2.05, 4.69) is 25.6 Å². The highest BCUT2D eigenvalue weighted by Crippen LogP contribution is 2.22. The van der Waals surface area contributed by atoms with Crippen LogP contribution in [0.2, 0.25) is 5.28 Å².